The molecule has 1 heterocycles. The standard InChI is InChI=1S/C24H28N4O4S/c1-24(2,3)17-11-9-16(10-12-17)22-26-27-23(32-22)33-15-21(30)28(4)14-20(29)25-18-7-6-8-19(13-18)31-5/h6-13H,14-15H2,1-5H3,(H,25,29). The van der Waals surface area contributed by atoms with Crippen molar-refractivity contribution in [1.82, 2.24) is 15.1 Å². The molecular weight excluding hydrogens is 440 g/mol. The Morgan fingerprint density at radius 1 is 1.12 bits per heavy atom. The van der Waals surface area contributed by atoms with Gasteiger partial charge in [0.25, 0.3) is 5.22 Å². The number of likely N-dealkylation sites (N-methyl/N-ethyl adjacent to an activating group) is 1. The van der Waals surface area contributed by atoms with Crippen LogP contribution in [0.5, 0.6) is 5.75 Å². The van der Waals surface area contributed by atoms with Gasteiger partial charge in [-0.3, -0.25) is 9.59 Å². The minimum atomic E-state index is -0.303. The van der Waals surface area contributed by atoms with E-state index in [1.165, 1.54) is 10.5 Å². The molecule has 0 aliphatic rings. The van der Waals surface area contributed by atoms with Gasteiger partial charge in [0.05, 0.1) is 19.4 Å². The zero-order valence-electron chi connectivity index (χ0n) is 19.4. The number of carbonyl (C=O) groups excluding carboxylic acids is 2. The van der Waals surface area contributed by atoms with Crippen molar-refractivity contribution < 1.29 is 18.7 Å². The summed E-state index contributed by atoms with van der Waals surface area (Å²) in [5.41, 5.74) is 2.69. The lowest BCUT2D eigenvalue weighted by atomic mass is 9.87. The third-order valence-corrected chi connectivity index (χ3v) is 5.69. The average Bonchev–Trinajstić information content (AvgIpc) is 3.26. The summed E-state index contributed by atoms with van der Waals surface area (Å²) in [4.78, 5) is 26.0. The van der Waals surface area contributed by atoms with E-state index in [0.29, 0.717) is 22.6 Å². The third kappa shape index (κ3) is 6.82. The van der Waals surface area contributed by atoms with E-state index < -0.39 is 0 Å². The summed E-state index contributed by atoms with van der Waals surface area (Å²) in [6.07, 6.45) is 0. The third-order valence-electron chi connectivity index (χ3n) is 4.88. The monoisotopic (exact) mass is 468 g/mol. The molecule has 2 aromatic carbocycles. The first kappa shape index (κ1) is 24.3. The summed E-state index contributed by atoms with van der Waals surface area (Å²) in [7, 11) is 3.13. The maximum Gasteiger partial charge on any atom is 0.277 e. The summed E-state index contributed by atoms with van der Waals surface area (Å²) < 4.78 is 10.8. The number of aromatic nitrogens is 2. The van der Waals surface area contributed by atoms with Crippen LogP contribution in [-0.4, -0.2) is 53.4 Å². The lowest BCUT2D eigenvalue weighted by molar-refractivity contribution is -0.131. The number of hydrogen-bond donors (Lipinski definition) is 1. The first-order valence-corrected chi connectivity index (χ1v) is 11.4. The first-order chi connectivity index (χ1) is 15.7. The molecule has 0 saturated carbocycles. The van der Waals surface area contributed by atoms with Gasteiger partial charge in [0, 0.05) is 24.4 Å². The average molecular weight is 469 g/mol. The van der Waals surface area contributed by atoms with Crippen LogP contribution in [0.15, 0.2) is 58.2 Å². The van der Waals surface area contributed by atoms with E-state index in [1.54, 1.807) is 38.4 Å². The lowest BCUT2D eigenvalue weighted by Gasteiger charge is -2.18. The van der Waals surface area contributed by atoms with Gasteiger partial charge in [-0.1, -0.05) is 50.7 Å². The van der Waals surface area contributed by atoms with Crippen LogP contribution >= 0.6 is 11.8 Å². The van der Waals surface area contributed by atoms with Crippen molar-refractivity contribution in [3.05, 3.63) is 54.1 Å². The summed E-state index contributed by atoms with van der Waals surface area (Å²) in [6.45, 7) is 6.38. The minimum absolute atomic E-state index is 0.0611. The molecular formula is C24H28N4O4S. The number of amides is 2. The van der Waals surface area contributed by atoms with E-state index in [-0.39, 0.29) is 29.5 Å². The molecule has 0 fully saturated rings. The molecule has 0 spiro atoms. The Morgan fingerprint density at radius 3 is 2.52 bits per heavy atom. The van der Waals surface area contributed by atoms with Crippen molar-refractivity contribution in [2.75, 3.05) is 31.8 Å². The molecule has 3 rings (SSSR count). The van der Waals surface area contributed by atoms with Gasteiger partial charge in [-0.05, 0) is 35.2 Å². The second kappa shape index (κ2) is 10.5. The number of nitrogens with one attached hydrogen (secondary N) is 1. The van der Waals surface area contributed by atoms with Crippen molar-refractivity contribution >= 4 is 29.3 Å². The van der Waals surface area contributed by atoms with E-state index in [2.05, 4.69) is 36.3 Å². The normalized spacial score (nSPS) is 11.2. The van der Waals surface area contributed by atoms with E-state index in [9.17, 15) is 9.59 Å². The van der Waals surface area contributed by atoms with Gasteiger partial charge in [-0.25, -0.2) is 0 Å². The highest BCUT2D eigenvalue weighted by Crippen LogP contribution is 2.27. The zero-order valence-corrected chi connectivity index (χ0v) is 20.2. The Bertz CT molecular complexity index is 1110. The van der Waals surface area contributed by atoms with Crippen LogP contribution < -0.4 is 10.1 Å². The van der Waals surface area contributed by atoms with Crippen molar-refractivity contribution in [2.45, 2.75) is 31.4 Å². The number of thioether (sulfide) groups is 1. The van der Waals surface area contributed by atoms with E-state index in [1.807, 2.05) is 24.3 Å². The molecule has 0 unspecified atom stereocenters. The van der Waals surface area contributed by atoms with Crippen LogP contribution in [0.3, 0.4) is 0 Å². The van der Waals surface area contributed by atoms with E-state index in [0.717, 1.165) is 17.3 Å². The summed E-state index contributed by atoms with van der Waals surface area (Å²) in [6, 6.07) is 15.0. The number of nitrogens with zero attached hydrogens (tertiary/aromatic N) is 3. The molecule has 0 aliphatic heterocycles. The number of anilines is 1. The molecule has 1 aromatic heterocycles. The molecule has 9 heteroatoms. The molecule has 3 aromatic rings. The first-order valence-electron chi connectivity index (χ1n) is 10.4. The van der Waals surface area contributed by atoms with Crippen LogP contribution in [0.4, 0.5) is 5.69 Å². The highest BCUT2D eigenvalue weighted by atomic mass is 32.2. The zero-order chi connectivity index (χ0) is 24.0. The molecule has 0 aliphatic carbocycles. The Morgan fingerprint density at radius 2 is 1.85 bits per heavy atom. The summed E-state index contributed by atoms with van der Waals surface area (Å²) >= 11 is 1.14. The van der Waals surface area contributed by atoms with Crippen molar-refractivity contribution in [1.29, 1.82) is 0 Å². The highest BCUT2D eigenvalue weighted by Gasteiger charge is 2.17. The van der Waals surface area contributed by atoms with Crippen molar-refractivity contribution in [3.63, 3.8) is 0 Å². The fraction of sp³-hybridized carbons (Fsp3) is 0.333. The minimum Gasteiger partial charge on any atom is -0.497 e. The molecule has 33 heavy (non-hydrogen) atoms. The topological polar surface area (TPSA) is 97.6 Å². The molecule has 0 bridgehead atoms. The Labute approximate surface area is 197 Å². The van der Waals surface area contributed by atoms with Crippen LogP contribution in [0, 0.1) is 0 Å². The lowest BCUT2D eigenvalue weighted by Crippen LogP contribution is -2.35. The molecule has 0 atom stereocenters. The fourth-order valence-corrected chi connectivity index (χ4v) is 3.64. The van der Waals surface area contributed by atoms with Gasteiger partial charge < -0.3 is 19.4 Å². The number of benzene rings is 2. The van der Waals surface area contributed by atoms with Crippen LogP contribution in [0.25, 0.3) is 11.5 Å². The number of ether oxygens (including phenoxy) is 1. The van der Waals surface area contributed by atoms with Gasteiger partial charge >= 0.3 is 0 Å². The predicted molar refractivity (Wildman–Crippen MR) is 128 cm³/mol. The molecule has 174 valence electrons. The Kier molecular flexibility index (Phi) is 7.75. The Balaban J connectivity index is 1.50. The van der Waals surface area contributed by atoms with Gasteiger partial charge in [0.1, 0.15) is 5.75 Å². The second-order valence-electron chi connectivity index (χ2n) is 8.52. The summed E-state index contributed by atoms with van der Waals surface area (Å²) in [5.74, 6) is 0.583. The predicted octanol–water partition coefficient (Wildman–Crippen LogP) is 4.23. The molecule has 2 amide bonds. The number of methoxy groups -OCH3 is 1. The number of hydrogen-bond acceptors (Lipinski definition) is 7. The molecule has 1 N–H and O–H groups in total. The largest absolute Gasteiger partial charge is 0.497 e. The number of carbonyl (C=O) groups is 2. The van der Waals surface area contributed by atoms with Gasteiger partial charge in [-0.15, -0.1) is 10.2 Å². The summed E-state index contributed by atoms with van der Waals surface area (Å²) in [5, 5.41) is 11.1. The van der Waals surface area contributed by atoms with Crippen molar-refractivity contribution in [3.8, 4) is 17.2 Å². The van der Waals surface area contributed by atoms with Gasteiger partial charge in [0.15, 0.2) is 0 Å². The second-order valence-corrected chi connectivity index (χ2v) is 9.45. The van der Waals surface area contributed by atoms with Gasteiger partial charge in [0.2, 0.25) is 17.7 Å². The van der Waals surface area contributed by atoms with Gasteiger partial charge in [-0.2, -0.15) is 0 Å². The molecule has 0 saturated heterocycles. The van der Waals surface area contributed by atoms with Crippen LogP contribution in [-0.2, 0) is 15.0 Å². The Hall–Kier alpha value is -3.33. The highest BCUT2D eigenvalue weighted by molar-refractivity contribution is 7.99. The number of rotatable bonds is 8. The van der Waals surface area contributed by atoms with E-state index >= 15 is 0 Å². The SMILES string of the molecule is COc1cccc(NC(=O)CN(C)C(=O)CSc2nnc(-c3ccc(C(C)(C)C)cc3)o2)c1. The molecule has 8 nitrogen and oxygen atoms in total. The van der Waals surface area contributed by atoms with E-state index in [4.69, 9.17) is 9.15 Å². The van der Waals surface area contributed by atoms with Crippen molar-refractivity contribution in [2.24, 2.45) is 0 Å². The van der Waals surface area contributed by atoms with Crippen LogP contribution in [0.2, 0.25) is 0 Å². The maximum atomic E-state index is 12.4. The smallest absolute Gasteiger partial charge is 0.277 e. The maximum absolute atomic E-state index is 12.4. The molecule has 0 radical (unpaired) electrons. The van der Waals surface area contributed by atoms with Crippen LogP contribution in [0.1, 0.15) is 26.3 Å². The quantitative estimate of drug-likeness (QED) is 0.494. The fourth-order valence-electron chi connectivity index (χ4n) is 2.94.